The number of fused-ring (bicyclic) bond motifs is 2. The quantitative estimate of drug-likeness (QED) is 0.281. The minimum atomic E-state index is -1.32. The van der Waals surface area contributed by atoms with E-state index < -0.39 is 28.7 Å². The Labute approximate surface area is 200 Å². The lowest BCUT2D eigenvalue weighted by Gasteiger charge is -2.20. The summed E-state index contributed by atoms with van der Waals surface area (Å²) < 4.78 is 10.8. The van der Waals surface area contributed by atoms with Crippen LogP contribution >= 0.6 is 23.2 Å². The van der Waals surface area contributed by atoms with Gasteiger partial charge in [0.25, 0.3) is 0 Å². The molecule has 0 atom stereocenters. The molecule has 0 bridgehead atoms. The maximum Gasteiger partial charge on any atom is 0.344 e. The molecule has 2 heterocycles. The van der Waals surface area contributed by atoms with Gasteiger partial charge in [-0.15, -0.1) is 0 Å². The van der Waals surface area contributed by atoms with Crippen molar-refractivity contribution in [3.63, 3.8) is 0 Å². The van der Waals surface area contributed by atoms with Crippen molar-refractivity contribution < 1.29 is 24.2 Å². The zero-order valence-electron chi connectivity index (χ0n) is 17.1. The first kappa shape index (κ1) is 21.9. The van der Waals surface area contributed by atoms with Crippen molar-refractivity contribution in [3.05, 3.63) is 108 Å². The highest BCUT2D eigenvalue weighted by Crippen LogP contribution is 2.42. The van der Waals surface area contributed by atoms with Gasteiger partial charge < -0.3 is 24.2 Å². The summed E-state index contributed by atoms with van der Waals surface area (Å²) >= 11 is 12.1. The van der Waals surface area contributed by atoms with Gasteiger partial charge in [-0.05, 0) is 54.1 Å². The molecule has 0 saturated carbocycles. The van der Waals surface area contributed by atoms with Gasteiger partial charge in [0.15, 0.2) is 0 Å². The van der Waals surface area contributed by atoms with Gasteiger partial charge in [0, 0.05) is 10.0 Å². The first-order valence-electron chi connectivity index (χ1n) is 9.94. The Morgan fingerprint density at radius 1 is 0.647 bits per heavy atom. The third-order valence-electron chi connectivity index (χ3n) is 5.55. The molecule has 7 nitrogen and oxygen atoms in total. The van der Waals surface area contributed by atoms with E-state index in [-0.39, 0.29) is 48.9 Å². The van der Waals surface area contributed by atoms with E-state index in [2.05, 4.69) is 0 Å². The van der Waals surface area contributed by atoms with Crippen LogP contribution in [0.15, 0.2) is 79.1 Å². The van der Waals surface area contributed by atoms with Gasteiger partial charge in [-0.2, -0.15) is 0 Å². The van der Waals surface area contributed by atoms with Gasteiger partial charge in [0.2, 0.25) is 0 Å². The van der Waals surface area contributed by atoms with Crippen molar-refractivity contribution >= 4 is 45.1 Å². The molecule has 3 N–H and O–H groups in total. The zero-order chi connectivity index (χ0) is 24.1. The first-order valence-corrected chi connectivity index (χ1v) is 10.7. The third-order valence-corrected chi connectivity index (χ3v) is 6.02. The topological polar surface area (TPSA) is 121 Å². The third kappa shape index (κ3) is 3.55. The Hall–Kier alpha value is -3.94. The normalized spacial score (nSPS) is 11.5. The SMILES string of the molecule is O=c1oc2ccc(Cl)cc2c(O)c1C(c1ccc(O)cc1)c1c(O)c2cc(Cl)ccc2oc1=O. The molecule has 0 spiro atoms. The summed E-state index contributed by atoms with van der Waals surface area (Å²) in [6, 6.07) is 14.3. The van der Waals surface area contributed by atoms with E-state index in [1.807, 2.05) is 0 Å². The van der Waals surface area contributed by atoms with Crippen LogP contribution in [0.1, 0.15) is 22.6 Å². The summed E-state index contributed by atoms with van der Waals surface area (Å²) in [7, 11) is 0. The maximum absolute atomic E-state index is 13.1. The predicted octanol–water partition coefficient (Wildman–Crippen LogP) is 5.50. The summed E-state index contributed by atoms with van der Waals surface area (Å²) in [5, 5.41) is 32.9. The molecule has 3 aromatic carbocycles. The number of benzene rings is 3. The van der Waals surface area contributed by atoms with Crippen LogP contribution in [0, 0.1) is 0 Å². The second-order valence-electron chi connectivity index (χ2n) is 7.61. The molecule has 0 amide bonds. The van der Waals surface area contributed by atoms with Crippen LogP contribution in [0.4, 0.5) is 0 Å². The Kier molecular flexibility index (Phi) is 5.23. The second kappa shape index (κ2) is 8.13. The number of phenols is 1. The summed E-state index contributed by atoms with van der Waals surface area (Å²) in [6.07, 6.45) is 0. The lowest BCUT2D eigenvalue weighted by Crippen LogP contribution is -2.21. The molecule has 34 heavy (non-hydrogen) atoms. The van der Waals surface area contributed by atoms with E-state index in [0.29, 0.717) is 5.56 Å². The Bertz CT molecular complexity index is 1600. The summed E-state index contributed by atoms with van der Waals surface area (Å²) in [6.45, 7) is 0. The highest BCUT2D eigenvalue weighted by molar-refractivity contribution is 6.31. The van der Waals surface area contributed by atoms with Crippen LogP contribution in [0.25, 0.3) is 21.9 Å². The molecular formula is C25H14Cl2O7. The molecule has 0 aliphatic heterocycles. The molecule has 5 rings (SSSR count). The average molecular weight is 497 g/mol. The first-order chi connectivity index (χ1) is 16.2. The minimum absolute atomic E-state index is 0.0643. The van der Waals surface area contributed by atoms with Gasteiger partial charge in [0.05, 0.1) is 27.8 Å². The summed E-state index contributed by atoms with van der Waals surface area (Å²) in [5.41, 5.74) is -2.03. The highest BCUT2D eigenvalue weighted by Gasteiger charge is 2.32. The molecule has 5 aromatic rings. The van der Waals surface area contributed by atoms with Crippen molar-refractivity contribution in [2.75, 3.05) is 0 Å². The van der Waals surface area contributed by atoms with E-state index in [9.17, 15) is 24.9 Å². The second-order valence-corrected chi connectivity index (χ2v) is 8.48. The lowest BCUT2D eigenvalue weighted by atomic mass is 9.84. The fourth-order valence-electron chi connectivity index (χ4n) is 4.00. The van der Waals surface area contributed by atoms with E-state index in [4.69, 9.17) is 32.0 Å². The van der Waals surface area contributed by atoms with Crippen LogP contribution in [0.3, 0.4) is 0 Å². The Balaban J connectivity index is 1.91. The van der Waals surface area contributed by atoms with Crippen LogP contribution in [-0.4, -0.2) is 15.3 Å². The maximum atomic E-state index is 13.1. The molecule has 0 fully saturated rings. The highest BCUT2D eigenvalue weighted by atomic mass is 35.5. The number of rotatable bonds is 3. The molecule has 0 aliphatic rings. The predicted molar refractivity (Wildman–Crippen MR) is 127 cm³/mol. The fourth-order valence-corrected chi connectivity index (χ4v) is 4.34. The molecule has 0 unspecified atom stereocenters. The number of hydrogen-bond acceptors (Lipinski definition) is 7. The van der Waals surface area contributed by atoms with Crippen molar-refractivity contribution in [2.45, 2.75) is 5.92 Å². The average Bonchev–Trinajstić information content (AvgIpc) is 2.80. The number of phenolic OH excluding ortho intramolecular Hbond substituents is 1. The monoisotopic (exact) mass is 496 g/mol. The van der Waals surface area contributed by atoms with E-state index in [1.54, 1.807) is 0 Å². The van der Waals surface area contributed by atoms with Gasteiger partial charge in [-0.3, -0.25) is 0 Å². The largest absolute Gasteiger partial charge is 0.508 e. The summed E-state index contributed by atoms with van der Waals surface area (Å²) in [4.78, 5) is 26.2. The molecule has 170 valence electrons. The Morgan fingerprint density at radius 2 is 1.09 bits per heavy atom. The van der Waals surface area contributed by atoms with E-state index >= 15 is 0 Å². The van der Waals surface area contributed by atoms with Crippen molar-refractivity contribution in [1.82, 2.24) is 0 Å². The fraction of sp³-hybridized carbons (Fsp3) is 0.0400. The van der Waals surface area contributed by atoms with Crippen molar-refractivity contribution in [2.24, 2.45) is 0 Å². The molecule has 2 aromatic heterocycles. The van der Waals surface area contributed by atoms with Crippen LogP contribution in [-0.2, 0) is 0 Å². The van der Waals surface area contributed by atoms with Crippen LogP contribution in [0.2, 0.25) is 10.0 Å². The Morgan fingerprint density at radius 3 is 1.53 bits per heavy atom. The van der Waals surface area contributed by atoms with Crippen molar-refractivity contribution in [3.8, 4) is 17.2 Å². The number of aromatic hydroxyl groups is 3. The molecule has 0 aliphatic carbocycles. The number of hydrogen-bond donors (Lipinski definition) is 3. The number of halogens is 2. The van der Waals surface area contributed by atoms with Gasteiger partial charge in [-0.25, -0.2) is 9.59 Å². The smallest absolute Gasteiger partial charge is 0.344 e. The lowest BCUT2D eigenvalue weighted by molar-refractivity contribution is 0.441. The summed E-state index contributed by atoms with van der Waals surface area (Å²) in [5.74, 6) is -2.33. The van der Waals surface area contributed by atoms with Gasteiger partial charge in [0.1, 0.15) is 28.4 Å². The van der Waals surface area contributed by atoms with Crippen LogP contribution < -0.4 is 11.3 Å². The van der Waals surface area contributed by atoms with E-state index in [1.165, 1.54) is 60.7 Å². The molecule has 0 saturated heterocycles. The van der Waals surface area contributed by atoms with Gasteiger partial charge >= 0.3 is 11.3 Å². The zero-order valence-corrected chi connectivity index (χ0v) is 18.6. The van der Waals surface area contributed by atoms with Gasteiger partial charge in [-0.1, -0.05) is 35.3 Å². The minimum Gasteiger partial charge on any atom is -0.508 e. The molecule has 0 radical (unpaired) electrons. The van der Waals surface area contributed by atoms with E-state index in [0.717, 1.165) is 0 Å². The van der Waals surface area contributed by atoms with Crippen LogP contribution in [0.5, 0.6) is 17.2 Å². The standard InChI is InChI=1S/C25H14Cl2O7/c26-12-3-7-17-15(9-12)22(29)20(24(31)33-17)19(11-1-5-14(28)6-2-11)21-23(30)16-10-13(27)4-8-18(16)34-25(21)32/h1-10,19,28-30H. The van der Waals surface area contributed by atoms with Crippen molar-refractivity contribution in [1.29, 1.82) is 0 Å². The molecule has 9 heteroatoms. The molecular weight excluding hydrogens is 483 g/mol.